The van der Waals surface area contributed by atoms with Crippen LogP contribution in [0.25, 0.3) is 11.1 Å². The lowest BCUT2D eigenvalue weighted by Gasteiger charge is -2.08. The number of nitrogens with one attached hydrogen (secondary N) is 1. The molecule has 7 heteroatoms. The van der Waals surface area contributed by atoms with Crippen LogP contribution in [-0.2, 0) is 6.61 Å². The number of ether oxygens (including phenoxy) is 1. The van der Waals surface area contributed by atoms with Gasteiger partial charge in [-0.1, -0.05) is 19.0 Å². The summed E-state index contributed by atoms with van der Waals surface area (Å²) in [6.45, 7) is 8.14. The van der Waals surface area contributed by atoms with E-state index in [2.05, 4.69) is 15.5 Å². The molecular formula is C23H23N3O4. The van der Waals surface area contributed by atoms with E-state index in [1.807, 2.05) is 39.8 Å². The van der Waals surface area contributed by atoms with Crippen molar-refractivity contribution in [1.29, 1.82) is 0 Å². The van der Waals surface area contributed by atoms with Crippen LogP contribution in [0.2, 0.25) is 0 Å². The van der Waals surface area contributed by atoms with Crippen LogP contribution < -0.4 is 10.1 Å². The summed E-state index contributed by atoms with van der Waals surface area (Å²) in [4.78, 5) is 17.0. The highest BCUT2D eigenvalue weighted by atomic mass is 16.5. The minimum Gasteiger partial charge on any atom is -0.489 e. The number of carbonyl (C=O) groups is 1. The van der Waals surface area contributed by atoms with Crippen LogP contribution >= 0.6 is 0 Å². The summed E-state index contributed by atoms with van der Waals surface area (Å²) in [7, 11) is 0. The molecule has 30 heavy (non-hydrogen) atoms. The Morgan fingerprint density at radius 2 is 1.90 bits per heavy atom. The number of amides is 1. The fraction of sp³-hybridized carbons (Fsp3) is 0.261. The third-order valence-electron chi connectivity index (χ3n) is 4.84. The van der Waals surface area contributed by atoms with Gasteiger partial charge >= 0.3 is 0 Å². The zero-order valence-corrected chi connectivity index (χ0v) is 17.4. The normalized spacial score (nSPS) is 11.2. The first-order valence-electron chi connectivity index (χ1n) is 9.77. The van der Waals surface area contributed by atoms with E-state index in [1.54, 1.807) is 30.3 Å². The Morgan fingerprint density at radius 1 is 1.13 bits per heavy atom. The molecule has 0 aliphatic carbocycles. The number of benzene rings is 2. The summed E-state index contributed by atoms with van der Waals surface area (Å²) in [5.41, 5.74) is 4.35. The molecular weight excluding hydrogens is 382 g/mol. The molecule has 1 N–H and O–H groups in total. The first-order chi connectivity index (χ1) is 14.4. The van der Waals surface area contributed by atoms with Gasteiger partial charge in [0.25, 0.3) is 5.91 Å². The van der Waals surface area contributed by atoms with Crippen LogP contribution in [0.1, 0.15) is 53.0 Å². The largest absolute Gasteiger partial charge is 0.489 e. The summed E-state index contributed by atoms with van der Waals surface area (Å²) in [5, 5.41) is 6.81. The van der Waals surface area contributed by atoms with E-state index in [9.17, 15) is 4.79 Å². The second-order valence-corrected chi connectivity index (χ2v) is 7.46. The van der Waals surface area contributed by atoms with Gasteiger partial charge in [-0.3, -0.25) is 4.79 Å². The Morgan fingerprint density at radius 3 is 2.57 bits per heavy atom. The zero-order chi connectivity index (χ0) is 21.3. The molecule has 4 aromatic rings. The van der Waals surface area contributed by atoms with Crippen molar-refractivity contribution >= 4 is 22.7 Å². The average Bonchev–Trinajstić information content (AvgIpc) is 3.30. The van der Waals surface area contributed by atoms with Gasteiger partial charge in [-0.15, -0.1) is 0 Å². The molecule has 0 saturated carbocycles. The van der Waals surface area contributed by atoms with Crippen molar-refractivity contribution < 1.29 is 18.5 Å². The number of carbonyl (C=O) groups excluding carboxylic acids is 1. The van der Waals surface area contributed by atoms with Gasteiger partial charge in [0.2, 0.25) is 0 Å². The third-order valence-corrected chi connectivity index (χ3v) is 4.84. The molecule has 0 atom stereocenters. The van der Waals surface area contributed by atoms with Gasteiger partial charge in [-0.25, -0.2) is 4.98 Å². The van der Waals surface area contributed by atoms with E-state index < -0.39 is 0 Å². The molecule has 0 radical (unpaired) electrons. The van der Waals surface area contributed by atoms with Crippen LogP contribution in [0.4, 0.5) is 5.69 Å². The highest BCUT2D eigenvalue weighted by Gasteiger charge is 2.13. The Kier molecular flexibility index (Phi) is 5.27. The monoisotopic (exact) mass is 405 g/mol. The second-order valence-electron chi connectivity index (χ2n) is 7.46. The fourth-order valence-electron chi connectivity index (χ4n) is 3.04. The van der Waals surface area contributed by atoms with Crippen molar-refractivity contribution in [1.82, 2.24) is 10.1 Å². The third kappa shape index (κ3) is 4.05. The van der Waals surface area contributed by atoms with E-state index in [0.29, 0.717) is 35.1 Å². The quantitative estimate of drug-likeness (QED) is 0.463. The predicted molar refractivity (Wildman–Crippen MR) is 113 cm³/mol. The maximum atomic E-state index is 12.6. The van der Waals surface area contributed by atoms with E-state index in [1.165, 1.54) is 0 Å². The molecule has 4 rings (SSSR count). The van der Waals surface area contributed by atoms with Crippen molar-refractivity contribution in [2.75, 3.05) is 5.32 Å². The minimum atomic E-state index is -0.213. The number of rotatable bonds is 6. The Bertz CT molecular complexity index is 1170. The second kappa shape index (κ2) is 8.02. The van der Waals surface area contributed by atoms with E-state index in [4.69, 9.17) is 13.7 Å². The number of aryl methyl sites for hydroxylation is 2. The lowest BCUT2D eigenvalue weighted by atomic mass is 10.2. The smallest absolute Gasteiger partial charge is 0.255 e. The average molecular weight is 405 g/mol. The molecule has 0 saturated heterocycles. The zero-order valence-electron chi connectivity index (χ0n) is 17.4. The van der Waals surface area contributed by atoms with Crippen molar-refractivity contribution in [2.45, 2.75) is 40.2 Å². The van der Waals surface area contributed by atoms with Crippen LogP contribution in [-0.4, -0.2) is 16.0 Å². The molecule has 0 fully saturated rings. The standard InChI is InChI=1S/C23H23N3O4/c1-13(2)23-25-20-10-7-17(11-21(20)29-23)24-22(27)16-5-8-18(9-6-16)28-12-19-14(3)26-30-15(19)4/h5-11,13H,12H2,1-4H3,(H,24,27). The van der Waals surface area contributed by atoms with Gasteiger partial charge < -0.3 is 19.0 Å². The Labute approximate surface area is 174 Å². The maximum Gasteiger partial charge on any atom is 0.255 e. The predicted octanol–water partition coefficient (Wildman–Crippen LogP) is 5.39. The minimum absolute atomic E-state index is 0.203. The molecule has 0 unspecified atom stereocenters. The van der Waals surface area contributed by atoms with Gasteiger partial charge in [0.05, 0.1) is 11.3 Å². The summed E-state index contributed by atoms with van der Waals surface area (Å²) in [6, 6.07) is 12.4. The molecule has 1 amide bonds. The highest BCUT2D eigenvalue weighted by molar-refractivity contribution is 6.04. The van der Waals surface area contributed by atoms with Gasteiger partial charge in [-0.2, -0.15) is 0 Å². The van der Waals surface area contributed by atoms with Gasteiger partial charge in [0, 0.05) is 23.2 Å². The van der Waals surface area contributed by atoms with Crippen LogP contribution in [0, 0.1) is 13.8 Å². The molecule has 0 aliphatic heterocycles. The molecule has 0 aliphatic rings. The number of oxazole rings is 1. The lowest BCUT2D eigenvalue weighted by molar-refractivity contribution is 0.102. The van der Waals surface area contributed by atoms with Crippen molar-refractivity contribution in [3.8, 4) is 5.75 Å². The molecule has 2 aromatic heterocycles. The number of fused-ring (bicyclic) bond motifs is 1. The molecule has 2 heterocycles. The lowest BCUT2D eigenvalue weighted by Crippen LogP contribution is -2.11. The van der Waals surface area contributed by atoms with Gasteiger partial charge in [0.15, 0.2) is 11.5 Å². The van der Waals surface area contributed by atoms with Crippen molar-refractivity contribution in [3.63, 3.8) is 0 Å². The van der Waals surface area contributed by atoms with Crippen molar-refractivity contribution in [3.05, 3.63) is 70.9 Å². The Balaban J connectivity index is 1.41. The molecule has 2 aromatic carbocycles. The molecule has 0 spiro atoms. The first kappa shape index (κ1) is 19.7. The van der Waals surface area contributed by atoms with E-state index in [0.717, 1.165) is 22.5 Å². The summed E-state index contributed by atoms with van der Waals surface area (Å²) >= 11 is 0. The van der Waals surface area contributed by atoms with Crippen LogP contribution in [0.15, 0.2) is 51.4 Å². The topological polar surface area (TPSA) is 90.4 Å². The highest BCUT2D eigenvalue weighted by Crippen LogP contribution is 2.24. The number of aromatic nitrogens is 2. The number of anilines is 1. The summed E-state index contributed by atoms with van der Waals surface area (Å²) in [5.74, 6) is 2.08. The summed E-state index contributed by atoms with van der Waals surface area (Å²) < 4.78 is 16.7. The maximum absolute atomic E-state index is 12.6. The molecule has 0 bridgehead atoms. The first-order valence-corrected chi connectivity index (χ1v) is 9.77. The van der Waals surface area contributed by atoms with E-state index in [-0.39, 0.29) is 11.8 Å². The van der Waals surface area contributed by atoms with Gasteiger partial charge in [-0.05, 0) is 50.2 Å². The fourth-order valence-corrected chi connectivity index (χ4v) is 3.04. The van der Waals surface area contributed by atoms with Crippen LogP contribution in [0.3, 0.4) is 0 Å². The van der Waals surface area contributed by atoms with E-state index >= 15 is 0 Å². The van der Waals surface area contributed by atoms with Crippen LogP contribution in [0.5, 0.6) is 5.75 Å². The molecule has 154 valence electrons. The molecule has 7 nitrogen and oxygen atoms in total. The number of hydrogen-bond acceptors (Lipinski definition) is 6. The summed E-state index contributed by atoms with van der Waals surface area (Å²) in [6.07, 6.45) is 0. The SMILES string of the molecule is Cc1noc(C)c1COc1ccc(C(=O)Nc2ccc3nc(C(C)C)oc3c2)cc1. The van der Waals surface area contributed by atoms with Crippen molar-refractivity contribution in [2.24, 2.45) is 0 Å². The Hall–Kier alpha value is -3.61. The van der Waals surface area contributed by atoms with Gasteiger partial charge in [0.1, 0.15) is 23.6 Å². The number of nitrogens with zero attached hydrogens (tertiary/aromatic N) is 2. The number of hydrogen-bond donors (Lipinski definition) is 1.